The number of piperazine rings is 1. The van der Waals surface area contributed by atoms with E-state index in [2.05, 4.69) is 46.3 Å². The van der Waals surface area contributed by atoms with Crippen LogP contribution in [0.25, 0.3) is 0 Å². The summed E-state index contributed by atoms with van der Waals surface area (Å²) in [7, 11) is 0. The molecule has 0 saturated carbocycles. The van der Waals surface area contributed by atoms with Crippen molar-refractivity contribution in [3.8, 4) is 5.75 Å². The average Bonchev–Trinajstić information content (AvgIpc) is 2.72. The van der Waals surface area contributed by atoms with Crippen molar-refractivity contribution >= 4 is 42.1 Å². The fourth-order valence-electron chi connectivity index (χ4n) is 3.35. The Kier molecular flexibility index (Phi) is 11.6. The third-order valence-corrected chi connectivity index (χ3v) is 4.92. The van der Waals surface area contributed by atoms with Gasteiger partial charge in [0.25, 0.3) is 0 Å². The summed E-state index contributed by atoms with van der Waals surface area (Å²) in [5.41, 5.74) is 8.78. The summed E-state index contributed by atoms with van der Waals surface area (Å²) in [6, 6.07) is 16.0. The first kappa shape index (κ1) is 26.0. The highest BCUT2D eigenvalue weighted by Gasteiger charge is 2.17. The van der Waals surface area contributed by atoms with E-state index < -0.39 is 0 Å². The van der Waals surface area contributed by atoms with Crippen molar-refractivity contribution in [1.29, 1.82) is 0 Å². The Bertz CT molecular complexity index is 766. The van der Waals surface area contributed by atoms with Crippen LogP contribution >= 0.6 is 24.8 Å². The molecule has 1 fully saturated rings. The van der Waals surface area contributed by atoms with E-state index >= 15 is 0 Å². The molecule has 0 spiro atoms. The highest BCUT2D eigenvalue weighted by Crippen LogP contribution is 2.18. The number of hydrogen-bond donors (Lipinski definition) is 2. The first-order valence-corrected chi connectivity index (χ1v) is 9.91. The minimum atomic E-state index is 0. The van der Waals surface area contributed by atoms with Gasteiger partial charge in [0, 0.05) is 57.1 Å². The summed E-state index contributed by atoms with van der Waals surface area (Å²) in [5, 5.41) is 2.95. The summed E-state index contributed by atoms with van der Waals surface area (Å²) in [4.78, 5) is 17.0. The van der Waals surface area contributed by atoms with Crippen molar-refractivity contribution in [3.63, 3.8) is 0 Å². The number of amides is 1. The number of halogens is 2. The van der Waals surface area contributed by atoms with Crippen LogP contribution in [0.1, 0.15) is 12.0 Å². The number of rotatable bonds is 8. The molecule has 6 nitrogen and oxygen atoms in total. The number of ether oxygens (including phenoxy) is 1. The molecule has 0 unspecified atom stereocenters. The van der Waals surface area contributed by atoms with Crippen molar-refractivity contribution in [2.75, 3.05) is 56.1 Å². The molecule has 3 rings (SSSR count). The van der Waals surface area contributed by atoms with Crippen LogP contribution in [-0.2, 0) is 4.79 Å². The van der Waals surface area contributed by atoms with Gasteiger partial charge in [0.15, 0.2) is 0 Å². The van der Waals surface area contributed by atoms with Gasteiger partial charge < -0.3 is 20.7 Å². The minimum Gasteiger partial charge on any atom is -0.492 e. The molecule has 2 aromatic carbocycles. The number of hydrogen-bond acceptors (Lipinski definition) is 5. The van der Waals surface area contributed by atoms with E-state index in [1.807, 2.05) is 24.3 Å². The lowest BCUT2D eigenvalue weighted by Crippen LogP contribution is -2.47. The molecule has 0 aliphatic carbocycles. The molecule has 8 heteroatoms. The van der Waals surface area contributed by atoms with Crippen LogP contribution in [0.4, 0.5) is 11.4 Å². The SMILES string of the molecule is Cc1cccc(N2CCN(CCC(=O)Nc3ccc(OCCN)cc3)CC2)c1.Cl.Cl. The maximum atomic E-state index is 12.2. The molecule has 0 atom stereocenters. The van der Waals surface area contributed by atoms with Crippen molar-refractivity contribution in [2.45, 2.75) is 13.3 Å². The molecule has 1 aliphatic heterocycles. The molecule has 166 valence electrons. The monoisotopic (exact) mass is 454 g/mol. The zero-order valence-electron chi connectivity index (χ0n) is 17.4. The second kappa shape index (κ2) is 13.3. The fraction of sp³-hybridized carbons (Fsp3) is 0.409. The van der Waals surface area contributed by atoms with E-state index in [1.165, 1.54) is 11.3 Å². The highest BCUT2D eigenvalue weighted by atomic mass is 35.5. The second-order valence-electron chi connectivity index (χ2n) is 7.13. The molecular formula is C22H32Cl2N4O2. The number of benzene rings is 2. The van der Waals surface area contributed by atoms with Crippen LogP contribution < -0.4 is 20.7 Å². The van der Waals surface area contributed by atoms with Crippen molar-refractivity contribution in [1.82, 2.24) is 4.90 Å². The molecule has 30 heavy (non-hydrogen) atoms. The van der Waals surface area contributed by atoms with Gasteiger partial charge in [0.05, 0.1) is 0 Å². The number of aryl methyl sites for hydroxylation is 1. The smallest absolute Gasteiger partial charge is 0.225 e. The number of anilines is 2. The highest BCUT2D eigenvalue weighted by molar-refractivity contribution is 5.90. The molecule has 0 bridgehead atoms. The van der Waals surface area contributed by atoms with Gasteiger partial charge >= 0.3 is 0 Å². The van der Waals surface area contributed by atoms with Gasteiger partial charge in [-0.05, 0) is 48.9 Å². The normalized spacial score (nSPS) is 13.7. The Morgan fingerprint density at radius 3 is 2.40 bits per heavy atom. The van der Waals surface area contributed by atoms with Gasteiger partial charge in [-0.25, -0.2) is 0 Å². The van der Waals surface area contributed by atoms with Gasteiger partial charge in [-0.3, -0.25) is 9.69 Å². The number of carbonyl (C=O) groups is 1. The molecule has 2 aromatic rings. The summed E-state index contributed by atoms with van der Waals surface area (Å²) >= 11 is 0. The minimum absolute atomic E-state index is 0. The fourth-order valence-corrected chi connectivity index (χ4v) is 3.35. The van der Waals surface area contributed by atoms with Gasteiger partial charge in [-0.15, -0.1) is 24.8 Å². The predicted molar refractivity (Wildman–Crippen MR) is 129 cm³/mol. The maximum Gasteiger partial charge on any atom is 0.225 e. The Balaban J connectivity index is 0.00000225. The Labute approximate surface area is 191 Å². The Morgan fingerprint density at radius 1 is 1.07 bits per heavy atom. The maximum absolute atomic E-state index is 12.2. The number of nitrogens with one attached hydrogen (secondary N) is 1. The molecular weight excluding hydrogens is 423 g/mol. The van der Waals surface area contributed by atoms with E-state index in [9.17, 15) is 4.79 Å². The van der Waals surface area contributed by atoms with E-state index in [1.54, 1.807) is 0 Å². The van der Waals surface area contributed by atoms with E-state index in [0.717, 1.165) is 44.2 Å². The van der Waals surface area contributed by atoms with E-state index in [4.69, 9.17) is 10.5 Å². The van der Waals surface area contributed by atoms with Gasteiger partial charge in [0.2, 0.25) is 5.91 Å². The van der Waals surface area contributed by atoms with Crippen molar-refractivity contribution in [3.05, 3.63) is 54.1 Å². The van der Waals surface area contributed by atoms with Crippen LogP contribution in [0.2, 0.25) is 0 Å². The van der Waals surface area contributed by atoms with Crippen molar-refractivity contribution < 1.29 is 9.53 Å². The zero-order chi connectivity index (χ0) is 19.8. The van der Waals surface area contributed by atoms with E-state index in [0.29, 0.717) is 19.6 Å². The van der Waals surface area contributed by atoms with Crippen LogP contribution in [0.15, 0.2) is 48.5 Å². The van der Waals surface area contributed by atoms with Gasteiger partial charge in [-0.2, -0.15) is 0 Å². The molecule has 1 heterocycles. The quantitative estimate of drug-likeness (QED) is 0.639. The van der Waals surface area contributed by atoms with Crippen LogP contribution in [-0.4, -0.2) is 56.7 Å². The Morgan fingerprint density at radius 2 is 1.77 bits per heavy atom. The summed E-state index contributed by atoms with van der Waals surface area (Å²) in [6.45, 7) is 7.83. The molecule has 1 amide bonds. The predicted octanol–water partition coefficient (Wildman–Crippen LogP) is 3.33. The lowest BCUT2D eigenvalue weighted by atomic mass is 10.2. The standard InChI is InChI=1S/C22H30N4O2.2ClH/c1-18-3-2-4-20(17-18)26-14-12-25(13-15-26)11-9-22(27)24-19-5-7-21(8-6-19)28-16-10-23;;/h2-8,17H,9-16,23H2,1H3,(H,24,27);2*1H. The lowest BCUT2D eigenvalue weighted by molar-refractivity contribution is -0.116. The summed E-state index contributed by atoms with van der Waals surface area (Å²) in [6.07, 6.45) is 0.496. The third-order valence-electron chi connectivity index (χ3n) is 4.92. The molecule has 0 aromatic heterocycles. The Hall–Kier alpha value is -1.99. The largest absolute Gasteiger partial charge is 0.492 e. The summed E-state index contributed by atoms with van der Waals surface area (Å²) < 4.78 is 5.44. The van der Waals surface area contributed by atoms with Crippen LogP contribution in [0.5, 0.6) is 5.75 Å². The molecule has 3 N–H and O–H groups in total. The van der Waals surface area contributed by atoms with Crippen molar-refractivity contribution in [2.24, 2.45) is 5.73 Å². The molecule has 1 aliphatic rings. The first-order valence-electron chi connectivity index (χ1n) is 9.91. The molecule has 0 radical (unpaired) electrons. The first-order chi connectivity index (χ1) is 13.6. The third kappa shape index (κ3) is 8.03. The van der Waals surface area contributed by atoms with Crippen LogP contribution in [0.3, 0.4) is 0 Å². The average molecular weight is 455 g/mol. The van der Waals surface area contributed by atoms with E-state index in [-0.39, 0.29) is 30.7 Å². The number of nitrogens with two attached hydrogens (primary N) is 1. The number of nitrogens with zero attached hydrogens (tertiary/aromatic N) is 2. The second-order valence-corrected chi connectivity index (χ2v) is 7.13. The molecule has 1 saturated heterocycles. The van der Waals surface area contributed by atoms with Crippen LogP contribution in [0, 0.1) is 6.92 Å². The zero-order valence-corrected chi connectivity index (χ0v) is 19.0. The van der Waals surface area contributed by atoms with Gasteiger partial charge in [-0.1, -0.05) is 12.1 Å². The van der Waals surface area contributed by atoms with Gasteiger partial charge in [0.1, 0.15) is 12.4 Å². The number of carbonyl (C=O) groups excluding carboxylic acids is 1. The lowest BCUT2D eigenvalue weighted by Gasteiger charge is -2.36. The summed E-state index contributed by atoms with van der Waals surface area (Å²) in [5.74, 6) is 0.798. The topological polar surface area (TPSA) is 70.8 Å².